The Kier molecular flexibility index (Phi) is 5.38. The third-order valence-electron chi connectivity index (χ3n) is 3.32. The molecule has 0 unspecified atom stereocenters. The average Bonchev–Trinajstić information content (AvgIpc) is 2.94. The van der Waals surface area contributed by atoms with Gasteiger partial charge in [0.15, 0.2) is 0 Å². The van der Waals surface area contributed by atoms with Crippen molar-refractivity contribution in [1.82, 2.24) is 4.98 Å². The van der Waals surface area contributed by atoms with E-state index < -0.39 is 23.6 Å². The van der Waals surface area contributed by atoms with E-state index in [2.05, 4.69) is 4.98 Å². The summed E-state index contributed by atoms with van der Waals surface area (Å²) in [5.74, 6) is -2.10. The fraction of sp³-hybridized carbons (Fsp3) is 0.312. The van der Waals surface area contributed by atoms with Crippen LogP contribution < -0.4 is 0 Å². The molecule has 0 fully saturated rings. The molecule has 4 nitrogen and oxygen atoms in total. The van der Waals surface area contributed by atoms with Crippen LogP contribution in [0.25, 0.3) is 10.6 Å². The van der Waals surface area contributed by atoms with Gasteiger partial charge in [0, 0.05) is 23.8 Å². The van der Waals surface area contributed by atoms with Crippen molar-refractivity contribution in [2.24, 2.45) is 5.92 Å². The molecular weight excluding hydrogens is 343 g/mol. The minimum Gasteiger partial charge on any atom is -0.481 e. The SMILES string of the molecule is C[C@@H](CC(=O)Cc1csc(-c2cccc(C(F)(F)F)c2)n1)C(=O)O. The quantitative estimate of drug-likeness (QED) is 0.847. The summed E-state index contributed by atoms with van der Waals surface area (Å²) < 4.78 is 38.2. The van der Waals surface area contributed by atoms with E-state index in [1.165, 1.54) is 19.1 Å². The molecule has 24 heavy (non-hydrogen) atoms. The molecule has 1 aromatic heterocycles. The predicted molar refractivity (Wildman–Crippen MR) is 82.7 cm³/mol. The minimum atomic E-state index is -4.43. The van der Waals surface area contributed by atoms with Gasteiger partial charge < -0.3 is 5.11 Å². The summed E-state index contributed by atoms with van der Waals surface area (Å²) in [5.41, 5.74) is -0.00876. The number of nitrogens with zero attached hydrogens (tertiary/aromatic N) is 1. The monoisotopic (exact) mass is 357 g/mol. The number of carboxylic acid groups (broad SMARTS) is 1. The van der Waals surface area contributed by atoms with Crippen molar-refractivity contribution in [3.63, 3.8) is 0 Å². The van der Waals surface area contributed by atoms with E-state index in [1.807, 2.05) is 0 Å². The zero-order chi connectivity index (χ0) is 17.9. The van der Waals surface area contributed by atoms with E-state index in [4.69, 9.17) is 5.11 Å². The van der Waals surface area contributed by atoms with Gasteiger partial charge in [-0.2, -0.15) is 13.2 Å². The number of rotatable bonds is 6. The van der Waals surface area contributed by atoms with Crippen molar-refractivity contribution in [2.75, 3.05) is 0 Å². The fourth-order valence-corrected chi connectivity index (χ4v) is 2.87. The highest BCUT2D eigenvalue weighted by Crippen LogP contribution is 2.33. The van der Waals surface area contributed by atoms with Crippen LogP contribution in [0.3, 0.4) is 0 Å². The number of hydrogen-bond acceptors (Lipinski definition) is 4. The van der Waals surface area contributed by atoms with Crippen molar-refractivity contribution in [2.45, 2.75) is 25.9 Å². The van der Waals surface area contributed by atoms with Gasteiger partial charge in [0.2, 0.25) is 0 Å². The van der Waals surface area contributed by atoms with E-state index in [0.717, 1.165) is 23.5 Å². The first-order valence-electron chi connectivity index (χ1n) is 7.03. The molecule has 1 heterocycles. The molecule has 0 spiro atoms. The maximum atomic E-state index is 12.7. The maximum absolute atomic E-state index is 12.7. The lowest BCUT2D eigenvalue weighted by Crippen LogP contribution is -2.16. The molecule has 1 atom stereocenters. The Bertz CT molecular complexity index is 755. The molecule has 0 saturated heterocycles. The fourth-order valence-electron chi connectivity index (χ4n) is 2.05. The Morgan fingerprint density at radius 1 is 1.33 bits per heavy atom. The summed E-state index contributed by atoms with van der Waals surface area (Å²) >= 11 is 1.14. The Morgan fingerprint density at radius 2 is 2.04 bits per heavy atom. The van der Waals surface area contributed by atoms with Gasteiger partial charge >= 0.3 is 12.1 Å². The van der Waals surface area contributed by atoms with E-state index in [9.17, 15) is 22.8 Å². The number of Topliss-reactive ketones (excluding diaryl/α,β-unsaturated/α-hetero) is 1. The summed E-state index contributed by atoms with van der Waals surface area (Å²) in [6.07, 6.45) is -4.57. The van der Waals surface area contributed by atoms with Crippen molar-refractivity contribution in [3.05, 3.63) is 40.9 Å². The van der Waals surface area contributed by atoms with Crippen LogP contribution in [-0.2, 0) is 22.2 Å². The lowest BCUT2D eigenvalue weighted by molar-refractivity contribution is -0.143. The van der Waals surface area contributed by atoms with Crippen LogP contribution >= 0.6 is 11.3 Å². The number of ketones is 1. The lowest BCUT2D eigenvalue weighted by Gasteiger charge is -2.07. The number of benzene rings is 1. The summed E-state index contributed by atoms with van der Waals surface area (Å²) in [5, 5.41) is 10.8. The molecular formula is C16H14F3NO3S. The standard InChI is InChI=1S/C16H14F3NO3S/c1-9(15(22)23)5-13(21)7-12-8-24-14(20-12)10-3-2-4-11(6-10)16(17,18)19/h2-4,6,8-9H,5,7H2,1H3,(H,22,23)/t9-/m0/s1. The third kappa shape index (κ3) is 4.64. The molecule has 128 valence electrons. The van der Waals surface area contributed by atoms with Gasteiger partial charge in [-0.15, -0.1) is 11.3 Å². The number of thiazole rings is 1. The van der Waals surface area contributed by atoms with Crippen molar-refractivity contribution < 1.29 is 27.9 Å². The first-order chi connectivity index (χ1) is 11.2. The van der Waals surface area contributed by atoms with E-state index in [1.54, 1.807) is 5.38 Å². The predicted octanol–water partition coefficient (Wildman–Crippen LogP) is 4.05. The van der Waals surface area contributed by atoms with Crippen molar-refractivity contribution >= 4 is 23.1 Å². The first-order valence-corrected chi connectivity index (χ1v) is 7.91. The molecule has 1 aromatic carbocycles. The van der Waals surface area contributed by atoms with E-state index in [0.29, 0.717) is 16.3 Å². The van der Waals surface area contributed by atoms with Crippen LogP contribution in [0, 0.1) is 5.92 Å². The second-order valence-electron chi connectivity index (χ2n) is 5.38. The molecule has 0 amide bonds. The highest BCUT2D eigenvalue weighted by atomic mass is 32.1. The first kappa shape index (κ1) is 18.1. The molecule has 2 aromatic rings. The molecule has 0 radical (unpaired) electrons. The van der Waals surface area contributed by atoms with Gasteiger partial charge in [-0.05, 0) is 12.1 Å². The number of carbonyl (C=O) groups excluding carboxylic acids is 1. The Morgan fingerprint density at radius 3 is 2.67 bits per heavy atom. The van der Waals surface area contributed by atoms with Crippen molar-refractivity contribution in [1.29, 1.82) is 0 Å². The summed E-state index contributed by atoms with van der Waals surface area (Å²) in [6.45, 7) is 1.44. The average molecular weight is 357 g/mol. The van der Waals surface area contributed by atoms with Crippen LogP contribution in [0.15, 0.2) is 29.6 Å². The van der Waals surface area contributed by atoms with Gasteiger partial charge in [0.1, 0.15) is 10.8 Å². The van der Waals surface area contributed by atoms with E-state index >= 15 is 0 Å². The number of carboxylic acids is 1. The number of halogens is 3. The summed E-state index contributed by atoms with van der Waals surface area (Å²) in [4.78, 5) is 26.7. The van der Waals surface area contributed by atoms with Gasteiger partial charge in [-0.1, -0.05) is 19.1 Å². The van der Waals surface area contributed by atoms with Crippen LogP contribution in [0.5, 0.6) is 0 Å². The molecule has 1 N–H and O–H groups in total. The molecule has 0 bridgehead atoms. The van der Waals surface area contributed by atoms with Crippen LogP contribution in [0.1, 0.15) is 24.6 Å². The summed E-state index contributed by atoms with van der Waals surface area (Å²) in [7, 11) is 0. The van der Waals surface area contributed by atoms with Gasteiger partial charge in [0.05, 0.1) is 17.2 Å². The zero-order valence-electron chi connectivity index (χ0n) is 12.6. The van der Waals surface area contributed by atoms with Crippen molar-refractivity contribution in [3.8, 4) is 10.6 Å². The third-order valence-corrected chi connectivity index (χ3v) is 4.26. The van der Waals surface area contributed by atoms with Crippen LogP contribution in [-0.4, -0.2) is 21.8 Å². The molecule has 0 saturated carbocycles. The number of carbonyl (C=O) groups is 2. The molecule has 8 heteroatoms. The zero-order valence-corrected chi connectivity index (χ0v) is 13.4. The van der Waals surface area contributed by atoms with Crippen LogP contribution in [0.2, 0.25) is 0 Å². The highest BCUT2D eigenvalue weighted by molar-refractivity contribution is 7.13. The highest BCUT2D eigenvalue weighted by Gasteiger charge is 2.30. The minimum absolute atomic E-state index is 0.0346. The maximum Gasteiger partial charge on any atom is 0.416 e. The molecule has 0 aliphatic rings. The second kappa shape index (κ2) is 7.12. The van der Waals surface area contributed by atoms with Gasteiger partial charge in [0.25, 0.3) is 0 Å². The smallest absolute Gasteiger partial charge is 0.416 e. The van der Waals surface area contributed by atoms with Gasteiger partial charge in [-0.3, -0.25) is 9.59 Å². The number of aliphatic carboxylic acids is 1. The Hall–Kier alpha value is -2.22. The lowest BCUT2D eigenvalue weighted by atomic mass is 10.0. The Labute approximate surface area is 140 Å². The topological polar surface area (TPSA) is 67.3 Å². The number of alkyl halides is 3. The largest absolute Gasteiger partial charge is 0.481 e. The molecule has 0 aliphatic carbocycles. The second-order valence-corrected chi connectivity index (χ2v) is 6.24. The molecule has 0 aliphatic heterocycles. The number of aromatic nitrogens is 1. The van der Waals surface area contributed by atoms with Crippen LogP contribution in [0.4, 0.5) is 13.2 Å². The number of hydrogen-bond donors (Lipinski definition) is 1. The van der Waals surface area contributed by atoms with Gasteiger partial charge in [-0.25, -0.2) is 4.98 Å². The Balaban J connectivity index is 2.11. The molecule has 2 rings (SSSR count). The normalized spacial score (nSPS) is 12.8. The summed E-state index contributed by atoms with van der Waals surface area (Å²) in [6, 6.07) is 4.82. The van der Waals surface area contributed by atoms with E-state index in [-0.39, 0.29) is 18.6 Å².